The van der Waals surface area contributed by atoms with Gasteiger partial charge in [-0.1, -0.05) is 0 Å². The number of ether oxygens (including phenoxy) is 1. The van der Waals surface area contributed by atoms with Crippen LogP contribution in [-0.2, 0) is 9.59 Å². The number of nitrogens with one attached hydrogen (secondary N) is 3. The molecule has 1 atom stereocenters. The molecular weight excluding hydrogens is 280 g/mol. The summed E-state index contributed by atoms with van der Waals surface area (Å²) in [6.07, 6.45) is 0.247. The lowest BCUT2D eigenvalue weighted by atomic mass is 10.1. The van der Waals surface area contributed by atoms with E-state index in [9.17, 15) is 19.7 Å². The van der Waals surface area contributed by atoms with Gasteiger partial charge in [-0.05, 0) is 6.07 Å². The van der Waals surface area contributed by atoms with Gasteiger partial charge in [0.15, 0.2) is 12.4 Å². The van der Waals surface area contributed by atoms with Crippen molar-refractivity contribution < 1.29 is 19.2 Å². The fourth-order valence-electron chi connectivity index (χ4n) is 2.31. The Bertz CT molecular complexity index is 645. The number of rotatable bonds is 3. The third-order valence-electron chi connectivity index (χ3n) is 3.26. The Balaban J connectivity index is 1.93. The van der Waals surface area contributed by atoms with E-state index in [2.05, 4.69) is 16.0 Å². The van der Waals surface area contributed by atoms with E-state index in [-0.39, 0.29) is 48.0 Å². The first kappa shape index (κ1) is 13.2. The van der Waals surface area contributed by atoms with E-state index in [0.717, 1.165) is 0 Å². The topological polar surface area (TPSA) is 123 Å². The lowest BCUT2D eigenvalue weighted by molar-refractivity contribution is -0.384. The fourth-order valence-corrected chi connectivity index (χ4v) is 2.31. The Hall–Kier alpha value is -2.84. The molecule has 0 saturated carbocycles. The van der Waals surface area contributed by atoms with Crippen molar-refractivity contribution in [1.82, 2.24) is 5.32 Å². The molecule has 3 rings (SSSR count). The van der Waals surface area contributed by atoms with Gasteiger partial charge in [0, 0.05) is 13.0 Å². The Kier molecular flexibility index (Phi) is 3.09. The molecule has 2 heterocycles. The number of hydrogen-bond acceptors (Lipinski definition) is 6. The second-order valence-corrected chi connectivity index (χ2v) is 4.81. The lowest BCUT2D eigenvalue weighted by Gasteiger charge is -2.20. The standard InChI is InChI=1S/C12H12N4O5/c17-11-1-6(4-13-11)14-7-2-8-10(3-9(7)16(19)20)21-5-12(18)15-8/h2-3,6,14H,1,4-5H2,(H,13,17)(H,15,18). The summed E-state index contributed by atoms with van der Waals surface area (Å²) in [6.45, 7) is 0.230. The number of fused-ring (bicyclic) bond motifs is 1. The first-order valence-corrected chi connectivity index (χ1v) is 6.31. The summed E-state index contributed by atoms with van der Waals surface area (Å²) < 4.78 is 5.16. The lowest BCUT2D eigenvalue weighted by Crippen LogP contribution is -2.26. The first-order chi connectivity index (χ1) is 10.0. The zero-order valence-corrected chi connectivity index (χ0v) is 10.8. The molecule has 0 aliphatic carbocycles. The van der Waals surface area contributed by atoms with Crippen LogP contribution in [0.3, 0.4) is 0 Å². The van der Waals surface area contributed by atoms with Gasteiger partial charge in [0.25, 0.3) is 11.6 Å². The molecule has 2 amide bonds. The third-order valence-corrected chi connectivity index (χ3v) is 3.26. The highest BCUT2D eigenvalue weighted by Gasteiger charge is 2.27. The molecule has 0 radical (unpaired) electrons. The van der Waals surface area contributed by atoms with Gasteiger partial charge < -0.3 is 20.7 Å². The van der Waals surface area contributed by atoms with Gasteiger partial charge in [-0.15, -0.1) is 0 Å². The fraction of sp³-hybridized carbons (Fsp3) is 0.333. The Morgan fingerprint density at radius 1 is 1.33 bits per heavy atom. The Morgan fingerprint density at radius 3 is 2.81 bits per heavy atom. The highest BCUT2D eigenvalue weighted by molar-refractivity contribution is 5.97. The van der Waals surface area contributed by atoms with Crippen molar-refractivity contribution >= 4 is 28.9 Å². The van der Waals surface area contributed by atoms with Crippen molar-refractivity contribution in [2.75, 3.05) is 23.8 Å². The van der Waals surface area contributed by atoms with Crippen LogP contribution in [-0.4, -0.2) is 35.9 Å². The average molecular weight is 292 g/mol. The average Bonchev–Trinajstić information content (AvgIpc) is 2.83. The summed E-state index contributed by atoms with van der Waals surface area (Å²) in [5.74, 6) is -0.169. The molecule has 3 N–H and O–H groups in total. The van der Waals surface area contributed by atoms with Crippen LogP contribution in [0.15, 0.2) is 12.1 Å². The first-order valence-electron chi connectivity index (χ1n) is 6.31. The molecule has 21 heavy (non-hydrogen) atoms. The molecule has 2 aliphatic heterocycles. The molecule has 1 unspecified atom stereocenters. The minimum Gasteiger partial charge on any atom is -0.481 e. The summed E-state index contributed by atoms with van der Waals surface area (Å²) in [5.41, 5.74) is 0.451. The van der Waals surface area contributed by atoms with Crippen molar-refractivity contribution in [2.24, 2.45) is 0 Å². The summed E-state index contributed by atoms with van der Waals surface area (Å²) in [5, 5.41) is 19.3. The molecule has 2 aliphatic rings. The van der Waals surface area contributed by atoms with Crippen LogP contribution >= 0.6 is 0 Å². The SMILES string of the molecule is O=C1CC(Nc2cc3c(cc2[N+](=O)[O-])OCC(=O)N3)CN1. The van der Waals surface area contributed by atoms with E-state index >= 15 is 0 Å². The number of benzene rings is 1. The van der Waals surface area contributed by atoms with Gasteiger partial charge >= 0.3 is 0 Å². The minimum atomic E-state index is -0.535. The van der Waals surface area contributed by atoms with Crippen LogP contribution in [0.5, 0.6) is 5.75 Å². The maximum atomic E-state index is 11.3. The van der Waals surface area contributed by atoms with E-state index in [1.165, 1.54) is 12.1 Å². The molecule has 9 nitrogen and oxygen atoms in total. The van der Waals surface area contributed by atoms with Gasteiger partial charge in [-0.2, -0.15) is 0 Å². The molecule has 0 aromatic heterocycles. The Labute approximate surface area is 118 Å². The van der Waals surface area contributed by atoms with Crippen LogP contribution < -0.4 is 20.7 Å². The maximum absolute atomic E-state index is 11.3. The van der Waals surface area contributed by atoms with Crippen LogP contribution in [0.4, 0.5) is 17.1 Å². The second-order valence-electron chi connectivity index (χ2n) is 4.81. The van der Waals surface area contributed by atoms with E-state index < -0.39 is 4.92 Å². The highest BCUT2D eigenvalue weighted by atomic mass is 16.6. The summed E-state index contributed by atoms with van der Waals surface area (Å²) >= 11 is 0. The molecule has 1 saturated heterocycles. The van der Waals surface area contributed by atoms with Crippen LogP contribution in [0.25, 0.3) is 0 Å². The van der Waals surface area contributed by atoms with Gasteiger partial charge in [0.1, 0.15) is 5.69 Å². The summed E-state index contributed by atoms with van der Waals surface area (Å²) in [7, 11) is 0. The van der Waals surface area contributed by atoms with Crippen LogP contribution in [0, 0.1) is 10.1 Å². The predicted molar refractivity (Wildman–Crippen MR) is 72.3 cm³/mol. The molecule has 0 bridgehead atoms. The number of nitro benzene ring substituents is 1. The maximum Gasteiger partial charge on any atom is 0.296 e. The molecule has 0 spiro atoms. The van der Waals surface area contributed by atoms with Gasteiger partial charge in [-0.3, -0.25) is 19.7 Å². The van der Waals surface area contributed by atoms with Crippen LogP contribution in [0.1, 0.15) is 6.42 Å². The van der Waals surface area contributed by atoms with E-state index in [4.69, 9.17) is 4.74 Å². The third kappa shape index (κ3) is 2.57. The van der Waals surface area contributed by atoms with Crippen molar-refractivity contribution in [3.05, 3.63) is 22.2 Å². The molecule has 1 aromatic rings. The number of anilines is 2. The smallest absolute Gasteiger partial charge is 0.296 e. The number of nitro groups is 1. The van der Waals surface area contributed by atoms with Crippen molar-refractivity contribution in [3.63, 3.8) is 0 Å². The summed E-state index contributed by atoms with van der Waals surface area (Å²) in [4.78, 5) is 33.1. The zero-order valence-electron chi connectivity index (χ0n) is 10.8. The molecular formula is C12H12N4O5. The van der Waals surface area contributed by atoms with Crippen LogP contribution in [0.2, 0.25) is 0 Å². The van der Waals surface area contributed by atoms with Crippen molar-refractivity contribution in [1.29, 1.82) is 0 Å². The van der Waals surface area contributed by atoms with Crippen molar-refractivity contribution in [2.45, 2.75) is 12.5 Å². The van der Waals surface area contributed by atoms with Gasteiger partial charge in [-0.25, -0.2) is 0 Å². The van der Waals surface area contributed by atoms with Crippen molar-refractivity contribution in [3.8, 4) is 5.75 Å². The van der Waals surface area contributed by atoms with E-state index in [1.54, 1.807) is 0 Å². The quantitative estimate of drug-likeness (QED) is 0.541. The highest BCUT2D eigenvalue weighted by Crippen LogP contribution is 2.38. The molecule has 1 aromatic carbocycles. The summed E-state index contributed by atoms with van der Waals surface area (Å²) in [6, 6.07) is 2.49. The number of carbonyl (C=O) groups excluding carboxylic acids is 2. The van der Waals surface area contributed by atoms with E-state index in [0.29, 0.717) is 12.2 Å². The Morgan fingerprint density at radius 2 is 2.14 bits per heavy atom. The molecule has 110 valence electrons. The van der Waals surface area contributed by atoms with Gasteiger partial charge in [0.2, 0.25) is 5.91 Å². The number of hydrogen-bond donors (Lipinski definition) is 3. The minimum absolute atomic E-state index is 0.107. The van der Waals surface area contributed by atoms with E-state index in [1.807, 2.05) is 0 Å². The zero-order chi connectivity index (χ0) is 15.0. The normalized spacial score (nSPS) is 20.1. The number of nitrogens with zero attached hydrogens (tertiary/aromatic N) is 1. The largest absolute Gasteiger partial charge is 0.481 e. The van der Waals surface area contributed by atoms with Gasteiger partial charge in [0.05, 0.1) is 22.7 Å². The number of carbonyl (C=O) groups is 2. The monoisotopic (exact) mass is 292 g/mol. The molecule has 1 fully saturated rings. The second kappa shape index (κ2) is 4.93. The number of amides is 2. The predicted octanol–water partition coefficient (Wildman–Crippen LogP) is 0.226. The molecule has 9 heteroatoms.